The number of likely N-dealkylation sites (tertiary alicyclic amines) is 1. The Bertz CT molecular complexity index is 1030. The van der Waals surface area contributed by atoms with Crippen LogP contribution in [0.5, 0.6) is 0 Å². The SMILES string of the molecule is CCc1ccc(-c2cc(C(=O)N3C[C@@H](C)C[C@H](C)C3)c3cc(Br)ccc3n2)cc1. The summed E-state index contributed by atoms with van der Waals surface area (Å²) in [6.45, 7) is 8.26. The highest BCUT2D eigenvalue weighted by atomic mass is 79.9. The lowest BCUT2D eigenvalue weighted by molar-refractivity contribution is 0.0625. The van der Waals surface area contributed by atoms with Crippen molar-refractivity contribution in [3.8, 4) is 11.3 Å². The lowest BCUT2D eigenvalue weighted by Crippen LogP contribution is -2.42. The van der Waals surface area contributed by atoms with E-state index < -0.39 is 0 Å². The Kier molecular flexibility index (Phi) is 5.73. The van der Waals surface area contributed by atoms with E-state index in [0.29, 0.717) is 11.8 Å². The molecule has 1 saturated heterocycles. The lowest BCUT2D eigenvalue weighted by Gasteiger charge is -2.35. The minimum atomic E-state index is 0.111. The molecule has 0 aliphatic carbocycles. The molecule has 1 aliphatic rings. The van der Waals surface area contributed by atoms with E-state index in [4.69, 9.17) is 4.98 Å². The van der Waals surface area contributed by atoms with Gasteiger partial charge in [-0.1, -0.05) is 61.0 Å². The van der Waals surface area contributed by atoms with E-state index >= 15 is 0 Å². The summed E-state index contributed by atoms with van der Waals surface area (Å²) in [7, 11) is 0. The summed E-state index contributed by atoms with van der Waals surface area (Å²) in [6.07, 6.45) is 2.19. The van der Waals surface area contributed by atoms with Crippen LogP contribution < -0.4 is 0 Å². The average molecular weight is 451 g/mol. The first kappa shape index (κ1) is 20.1. The Morgan fingerprint density at radius 1 is 1.07 bits per heavy atom. The van der Waals surface area contributed by atoms with Crippen molar-refractivity contribution in [1.29, 1.82) is 0 Å². The first-order valence-corrected chi connectivity index (χ1v) is 11.2. The first-order valence-electron chi connectivity index (χ1n) is 10.4. The van der Waals surface area contributed by atoms with Gasteiger partial charge in [0, 0.05) is 28.5 Å². The zero-order valence-corrected chi connectivity index (χ0v) is 18.9. The van der Waals surface area contributed by atoms with E-state index in [1.807, 2.05) is 29.2 Å². The number of carbonyl (C=O) groups excluding carboxylic acids is 1. The predicted molar refractivity (Wildman–Crippen MR) is 123 cm³/mol. The largest absolute Gasteiger partial charge is 0.338 e. The molecule has 0 N–H and O–H groups in total. The summed E-state index contributed by atoms with van der Waals surface area (Å²) in [5.41, 5.74) is 4.79. The number of rotatable bonds is 3. The molecule has 1 fully saturated rings. The Morgan fingerprint density at radius 2 is 1.76 bits per heavy atom. The van der Waals surface area contributed by atoms with Crippen LogP contribution in [0.25, 0.3) is 22.2 Å². The molecule has 0 bridgehead atoms. The van der Waals surface area contributed by atoms with Crippen LogP contribution in [0, 0.1) is 11.8 Å². The quantitative estimate of drug-likeness (QED) is 0.465. The van der Waals surface area contributed by atoms with E-state index in [2.05, 4.69) is 61.0 Å². The number of piperidine rings is 1. The maximum absolute atomic E-state index is 13.6. The monoisotopic (exact) mass is 450 g/mol. The van der Waals surface area contributed by atoms with Crippen LogP contribution in [-0.4, -0.2) is 28.9 Å². The molecule has 0 radical (unpaired) electrons. The molecular weight excluding hydrogens is 424 g/mol. The Morgan fingerprint density at radius 3 is 2.41 bits per heavy atom. The molecule has 0 saturated carbocycles. The lowest BCUT2D eigenvalue weighted by atomic mass is 9.91. The number of aromatic nitrogens is 1. The highest BCUT2D eigenvalue weighted by Crippen LogP contribution is 2.30. The van der Waals surface area contributed by atoms with E-state index in [1.165, 1.54) is 12.0 Å². The number of aryl methyl sites for hydroxylation is 1. The second-order valence-electron chi connectivity index (χ2n) is 8.42. The zero-order valence-electron chi connectivity index (χ0n) is 17.3. The van der Waals surface area contributed by atoms with Crippen LogP contribution in [-0.2, 0) is 6.42 Å². The highest BCUT2D eigenvalue weighted by molar-refractivity contribution is 9.10. The van der Waals surface area contributed by atoms with Crippen molar-refractivity contribution >= 4 is 32.7 Å². The van der Waals surface area contributed by atoms with Crippen LogP contribution in [0.1, 0.15) is 43.1 Å². The summed E-state index contributed by atoms with van der Waals surface area (Å²) < 4.78 is 0.960. The van der Waals surface area contributed by atoms with Gasteiger partial charge in [0.1, 0.15) is 0 Å². The van der Waals surface area contributed by atoms with E-state index in [9.17, 15) is 4.79 Å². The van der Waals surface area contributed by atoms with Crippen LogP contribution >= 0.6 is 15.9 Å². The Hall–Kier alpha value is -2.20. The van der Waals surface area contributed by atoms with Crippen molar-refractivity contribution in [1.82, 2.24) is 9.88 Å². The van der Waals surface area contributed by atoms with Gasteiger partial charge in [-0.05, 0) is 54.5 Å². The second kappa shape index (κ2) is 8.27. The maximum Gasteiger partial charge on any atom is 0.254 e. The Labute approximate surface area is 181 Å². The van der Waals surface area contributed by atoms with E-state index in [1.54, 1.807) is 0 Å². The van der Waals surface area contributed by atoms with E-state index in [-0.39, 0.29) is 5.91 Å². The van der Waals surface area contributed by atoms with Crippen LogP contribution in [0.4, 0.5) is 0 Å². The van der Waals surface area contributed by atoms with Crippen molar-refractivity contribution in [3.05, 3.63) is 64.1 Å². The van der Waals surface area contributed by atoms with Gasteiger partial charge in [0.05, 0.1) is 16.8 Å². The van der Waals surface area contributed by atoms with Crippen LogP contribution in [0.3, 0.4) is 0 Å². The molecule has 2 atom stereocenters. The van der Waals surface area contributed by atoms with E-state index in [0.717, 1.165) is 51.7 Å². The van der Waals surface area contributed by atoms with Gasteiger partial charge < -0.3 is 4.90 Å². The third-order valence-corrected chi connectivity index (χ3v) is 6.31. The fourth-order valence-electron chi connectivity index (χ4n) is 4.43. The predicted octanol–water partition coefficient (Wildman–Crippen LogP) is 6.34. The van der Waals surface area contributed by atoms with Crippen molar-refractivity contribution in [2.45, 2.75) is 33.6 Å². The summed E-state index contributed by atoms with van der Waals surface area (Å²) >= 11 is 3.56. The number of fused-ring (bicyclic) bond motifs is 1. The third kappa shape index (κ3) is 4.23. The molecule has 4 rings (SSSR count). The van der Waals surface area contributed by atoms with Gasteiger partial charge in [0.25, 0.3) is 5.91 Å². The van der Waals surface area contributed by atoms with Crippen molar-refractivity contribution in [2.24, 2.45) is 11.8 Å². The standard InChI is InChI=1S/C25H27BrN2O/c1-4-18-5-7-19(8-6-18)24-13-22(21-12-20(26)9-10-23(21)27-24)25(29)28-14-16(2)11-17(3)15-28/h5-10,12-13,16-17H,4,11,14-15H2,1-3H3/t16-,17-/m0/s1. The average Bonchev–Trinajstić information content (AvgIpc) is 2.72. The summed E-state index contributed by atoms with van der Waals surface area (Å²) in [5, 5.41) is 0.907. The number of pyridine rings is 1. The van der Waals surface area contributed by atoms with Crippen molar-refractivity contribution in [3.63, 3.8) is 0 Å². The third-order valence-electron chi connectivity index (χ3n) is 5.82. The number of hydrogen-bond donors (Lipinski definition) is 0. The molecule has 29 heavy (non-hydrogen) atoms. The van der Waals surface area contributed by atoms with Crippen molar-refractivity contribution in [2.75, 3.05) is 13.1 Å². The minimum absolute atomic E-state index is 0.111. The smallest absolute Gasteiger partial charge is 0.254 e. The van der Waals surface area contributed by atoms with Gasteiger partial charge in [-0.25, -0.2) is 4.98 Å². The molecular formula is C25H27BrN2O. The number of nitrogens with zero attached hydrogens (tertiary/aromatic N) is 2. The van der Waals surface area contributed by atoms with Crippen LogP contribution in [0.15, 0.2) is 53.0 Å². The highest BCUT2D eigenvalue weighted by Gasteiger charge is 2.27. The Balaban J connectivity index is 1.82. The first-order chi connectivity index (χ1) is 13.9. The molecule has 0 unspecified atom stereocenters. The molecule has 150 valence electrons. The summed E-state index contributed by atoms with van der Waals surface area (Å²) in [4.78, 5) is 20.5. The molecule has 1 aliphatic heterocycles. The van der Waals surface area contributed by atoms with Gasteiger partial charge in [-0.3, -0.25) is 4.79 Å². The molecule has 4 heteroatoms. The van der Waals surface area contributed by atoms with Gasteiger partial charge in [-0.15, -0.1) is 0 Å². The fourth-order valence-corrected chi connectivity index (χ4v) is 4.79. The molecule has 3 nitrogen and oxygen atoms in total. The van der Waals surface area contributed by atoms with Gasteiger partial charge >= 0.3 is 0 Å². The maximum atomic E-state index is 13.6. The summed E-state index contributed by atoms with van der Waals surface area (Å²) in [5.74, 6) is 1.17. The fraction of sp³-hybridized carbons (Fsp3) is 0.360. The van der Waals surface area contributed by atoms with Crippen LogP contribution in [0.2, 0.25) is 0 Å². The molecule has 1 amide bonds. The molecule has 1 aromatic heterocycles. The number of hydrogen-bond acceptors (Lipinski definition) is 2. The van der Waals surface area contributed by atoms with Gasteiger partial charge in [0.15, 0.2) is 0 Å². The molecule has 0 spiro atoms. The number of benzene rings is 2. The number of carbonyl (C=O) groups is 1. The molecule has 2 heterocycles. The zero-order chi connectivity index (χ0) is 20.5. The molecule has 2 aromatic carbocycles. The minimum Gasteiger partial charge on any atom is -0.338 e. The second-order valence-corrected chi connectivity index (χ2v) is 9.34. The topological polar surface area (TPSA) is 33.2 Å². The van der Waals surface area contributed by atoms with Gasteiger partial charge in [0.2, 0.25) is 0 Å². The number of halogens is 1. The summed E-state index contributed by atoms with van der Waals surface area (Å²) in [6, 6.07) is 16.4. The van der Waals surface area contributed by atoms with Gasteiger partial charge in [-0.2, -0.15) is 0 Å². The normalized spacial score (nSPS) is 19.5. The molecule has 3 aromatic rings. The van der Waals surface area contributed by atoms with Crippen molar-refractivity contribution < 1.29 is 4.79 Å². The number of amides is 1.